The molecule has 0 spiro atoms. The van der Waals surface area contributed by atoms with Crippen molar-refractivity contribution in [1.82, 2.24) is 5.32 Å². The van der Waals surface area contributed by atoms with Crippen LogP contribution >= 0.6 is 43.5 Å². The number of urea groups is 1. The van der Waals surface area contributed by atoms with Gasteiger partial charge in [-0.3, -0.25) is 4.79 Å². The summed E-state index contributed by atoms with van der Waals surface area (Å²) in [6.07, 6.45) is 1.59. The summed E-state index contributed by atoms with van der Waals surface area (Å²) in [5, 5.41) is 3.05. The number of benzene rings is 3. The highest BCUT2D eigenvalue weighted by Crippen LogP contribution is 2.36. The fourth-order valence-electron chi connectivity index (χ4n) is 3.32. The number of hydrogen-bond donors (Lipinski definition) is 1. The minimum atomic E-state index is -0.547. The van der Waals surface area contributed by atoms with Crippen LogP contribution in [0.25, 0.3) is 6.08 Å². The summed E-state index contributed by atoms with van der Waals surface area (Å²) < 4.78 is 13.4. The molecular formula is C25H19Br2ClN2O4. The van der Waals surface area contributed by atoms with Gasteiger partial charge in [0, 0.05) is 14.0 Å². The molecular weight excluding hydrogens is 588 g/mol. The second-order valence-electron chi connectivity index (χ2n) is 7.28. The van der Waals surface area contributed by atoms with Gasteiger partial charge in [0.25, 0.3) is 5.91 Å². The first kappa shape index (κ1) is 24.3. The number of carbonyl (C=O) groups is 2. The van der Waals surface area contributed by atoms with Gasteiger partial charge >= 0.3 is 6.03 Å². The highest BCUT2D eigenvalue weighted by Gasteiger charge is 2.35. The van der Waals surface area contributed by atoms with Crippen LogP contribution in [0.5, 0.6) is 11.5 Å². The van der Waals surface area contributed by atoms with E-state index in [1.807, 2.05) is 31.2 Å². The number of anilines is 1. The van der Waals surface area contributed by atoms with Crippen LogP contribution in [0.4, 0.5) is 10.5 Å². The van der Waals surface area contributed by atoms with Crippen LogP contribution in [0.15, 0.2) is 75.3 Å². The lowest BCUT2D eigenvalue weighted by Gasteiger charge is -2.14. The predicted octanol–water partition coefficient (Wildman–Crippen LogP) is 6.94. The zero-order valence-corrected chi connectivity index (χ0v) is 21.9. The molecule has 0 radical (unpaired) electrons. The number of ether oxygens (including phenoxy) is 2. The van der Waals surface area contributed by atoms with Gasteiger partial charge in [-0.15, -0.1) is 0 Å². The summed E-state index contributed by atoms with van der Waals surface area (Å²) in [6.45, 7) is 2.68. The first-order valence-corrected chi connectivity index (χ1v) is 12.3. The highest BCUT2D eigenvalue weighted by molar-refractivity contribution is 9.10. The molecule has 1 fully saturated rings. The standard InChI is InChI=1S/C25H19Br2ClN2O4/c1-2-33-22-11-16(20(27)13-23(22)34-14-15-6-8-17(26)9-7-15)10-21-24(31)30(25(32)29-21)19-5-3-4-18(28)12-19/h3-13H,2,14H2,1H3,(H,29,32)/b21-10+. The van der Waals surface area contributed by atoms with Gasteiger partial charge < -0.3 is 14.8 Å². The molecule has 4 rings (SSSR count). The zero-order chi connectivity index (χ0) is 24.2. The van der Waals surface area contributed by atoms with E-state index in [0.717, 1.165) is 14.9 Å². The molecule has 0 aliphatic carbocycles. The van der Waals surface area contributed by atoms with Crippen molar-refractivity contribution in [2.75, 3.05) is 11.5 Å². The molecule has 0 saturated carbocycles. The van der Waals surface area contributed by atoms with Crippen LogP contribution < -0.4 is 19.7 Å². The van der Waals surface area contributed by atoms with Crippen molar-refractivity contribution >= 4 is 67.2 Å². The predicted molar refractivity (Wildman–Crippen MR) is 139 cm³/mol. The third-order valence-electron chi connectivity index (χ3n) is 4.91. The smallest absolute Gasteiger partial charge is 0.333 e. The van der Waals surface area contributed by atoms with Crippen molar-refractivity contribution in [2.24, 2.45) is 0 Å². The Kier molecular flexibility index (Phi) is 7.60. The number of carbonyl (C=O) groups excluding carboxylic acids is 2. The molecule has 6 nitrogen and oxygen atoms in total. The van der Waals surface area contributed by atoms with Gasteiger partial charge in [-0.2, -0.15) is 0 Å². The van der Waals surface area contributed by atoms with Gasteiger partial charge in [0.1, 0.15) is 12.3 Å². The summed E-state index contributed by atoms with van der Waals surface area (Å²) in [5.74, 6) is 0.604. The summed E-state index contributed by atoms with van der Waals surface area (Å²) >= 11 is 13.0. The second kappa shape index (κ2) is 10.6. The van der Waals surface area contributed by atoms with E-state index in [4.69, 9.17) is 21.1 Å². The summed E-state index contributed by atoms with van der Waals surface area (Å²) in [6, 6.07) is 17.4. The van der Waals surface area contributed by atoms with Crippen LogP contribution in [-0.2, 0) is 11.4 Å². The molecule has 1 saturated heterocycles. The molecule has 174 valence electrons. The van der Waals surface area contributed by atoms with E-state index in [1.54, 1.807) is 42.5 Å². The third kappa shape index (κ3) is 5.46. The van der Waals surface area contributed by atoms with Crippen molar-refractivity contribution in [3.63, 3.8) is 0 Å². The Hall–Kier alpha value is -2.81. The Balaban J connectivity index is 1.60. The van der Waals surface area contributed by atoms with Crippen molar-refractivity contribution in [2.45, 2.75) is 13.5 Å². The van der Waals surface area contributed by atoms with Gasteiger partial charge in [-0.25, -0.2) is 9.69 Å². The normalized spacial score (nSPS) is 14.5. The molecule has 0 bridgehead atoms. The summed E-state index contributed by atoms with van der Waals surface area (Å²) in [4.78, 5) is 26.5. The van der Waals surface area contributed by atoms with Gasteiger partial charge in [0.15, 0.2) is 11.5 Å². The van der Waals surface area contributed by atoms with Crippen molar-refractivity contribution in [3.05, 3.63) is 91.5 Å². The molecule has 1 aliphatic rings. The number of hydrogen-bond acceptors (Lipinski definition) is 4. The maximum Gasteiger partial charge on any atom is 0.333 e. The van der Waals surface area contributed by atoms with Gasteiger partial charge in [-0.1, -0.05) is 61.7 Å². The maximum atomic E-state index is 13.0. The topological polar surface area (TPSA) is 67.9 Å². The Morgan fingerprint density at radius 2 is 1.74 bits per heavy atom. The largest absolute Gasteiger partial charge is 0.490 e. The van der Waals surface area contributed by atoms with Crippen LogP contribution in [0.3, 0.4) is 0 Å². The molecule has 0 unspecified atom stereocenters. The monoisotopic (exact) mass is 604 g/mol. The SMILES string of the molecule is CCOc1cc(/C=C2/NC(=O)N(c3cccc(Cl)c3)C2=O)c(Br)cc1OCc1ccc(Br)cc1. The van der Waals surface area contributed by atoms with E-state index in [9.17, 15) is 9.59 Å². The van der Waals surface area contributed by atoms with Crippen LogP contribution in [0.2, 0.25) is 5.02 Å². The summed E-state index contributed by atoms with van der Waals surface area (Å²) in [7, 11) is 0. The fourth-order valence-corrected chi connectivity index (χ4v) is 4.21. The lowest BCUT2D eigenvalue weighted by atomic mass is 10.1. The number of nitrogens with one attached hydrogen (secondary N) is 1. The van der Waals surface area contributed by atoms with Crippen molar-refractivity contribution in [1.29, 1.82) is 0 Å². The average Bonchev–Trinajstić information content (AvgIpc) is 3.08. The highest BCUT2D eigenvalue weighted by atomic mass is 79.9. The van der Waals surface area contributed by atoms with Gasteiger partial charge in [0.05, 0.1) is 12.3 Å². The molecule has 34 heavy (non-hydrogen) atoms. The minimum Gasteiger partial charge on any atom is -0.490 e. The molecule has 1 heterocycles. The lowest BCUT2D eigenvalue weighted by molar-refractivity contribution is -0.113. The van der Waals surface area contributed by atoms with E-state index in [0.29, 0.717) is 45.5 Å². The molecule has 1 N–H and O–H groups in total. The van der Waals surface area contributed by atoms with Crippen LogP contribution in [-0.4, -0.2) is 18.5 Å². The molecule has 3 aromatic rings. The molecule has 0 atom stereocenters. The summed E-state index contributed by atoms with van der Waals surface area (Å²) in [5.41, 5.74) is 2.19. The van der Waals surface area contributed by atoms with E-state index in [2.05, 4.69) is 37.2 Å². The van der Waals surface area contributed by atoms with Crippen LogP contribution in [0, 0.1) is 0 Å². The first-order chi connectivity index (χ1) is 16.4. The van der Waals surface area contributed by atoms with E-state index < -0.39 is 11.9 Å². The number of nitrogens with zero attached hydrogens (tertiary/aromatic N) is 1. The van der Waals surface area contributed by atoms with Gasteiger partial charge in [0.2, 0.25) is 0 Å². The van der Waals surface area contributed by atoms with Crippen LogP contribution in [0.1, 0.15) is 18.1 Å². The number of halogens is 3. The molecule has 0 aromatic heterocycles. The Morgan fingerprint density at radius 1 is 1.00 bits per heavy atom. The molecule has 9 heteroatoms. The number of amides is 3. The first-order valence-electron chi connectivity index (χ1n) is 10.3. The molecule has 1 aliphatic heterocycles. The Labute approximate surface area is 218 Å². The maximum absolute atomic E-state index is 13.0. The zero-order valence-electron chi connectivity index (χ0n) is 18.0. The minimum absolute atomic E-state index is 0.136. The second-order valence-corrected chi connectivity index (χ2v) is 9.48. The number of imide groups is 1. The van der Waals surface area contributed by atoms with Crippen molar-refractivity contribution in [3.8, 4) is 11.5 Å². The fraction of sp³-hybridized carbons (Fsp3) is 0.120. The third-order valence-corrected chi connectivity index (χ3v) is 6.37. The average molecular weight is 607 g/mol. The quantitative estimate of drug-likeness (QED) is 0.234. The Morgan fingerprint density at radius 3 is 2.44 bits per heavy atom. The van der Waals surface area contributed by atoms with E-state index in [1.165, 1.54) is 0 Å². The molecule has 3 amide bonds. The Bertz CT molecular complexity index is 1280. The number of rotatable bonds is 7. The van der Waals surface area contributed by atoms with E-state index in [-0.39, 0.29) is 5.70 Å². The lowest BCUT2D eigenvalue weighted by Crippen LogP contribution is -2.30. The van der Waals surface area contributed by atoms with Gasteiger partial charge in [-0.05, 0) is 66.6 Å². The van der Waals surface area contributed by atoms with Crippen molar-refractivity contribution < 1.29 is 19.1 Å². The van der Waals surface area contributed by atoms with E-state index >= 15 is 0 Å². The molecule has 3 aromatic carbocycles.